The minimum absolute atomic E-state index is 0.0575. The zero-order valence-electron chi connectivity index (χ0n) is 11.9. The van der Waals surface area contributed by atoms with Gasteiger partial charge in [-0.1, -0.05) is 20.3 Å². The maximum atomic E-state index is 11.8. The summed E-state index contributed by atoms with van der Waals surface area (Å²) >= 11 is 0. The zero-order valence-corrected chi connectivity index (χ0v) is 11.9. The van der Waals surface area contributed by atoms with Crippen molar-refractivity contribution in [2.24, 2.45) is 5.73 Å². The Hall–Kier alpha value is -0.610. The van der Waals surface area contributed by atoms with Crippen LogP contribution >= 0.6 is 0 Å². The first-order valence-corrected chi connectivity index (χ1v) is 6.53. The minimum atomic E-state index is -0.441. The second-order valence-electron chi connectivity index (χ2n) is 5.16. The molecule has 0 aliphatic carbocycles. The standard InChI is InChI=1S/C13H28N2O2/c1-6-8-10(3)15-12(16)11(4)17-9-13(5,14)7-2/h10-11H,6-9,14H2,1-5H3,(H,15,16). The Morgan fingerprint density at radius 2 is 2.00 bits per heavy atom. The molecule has 0 rings (SSSR count). The summed E-state index contributed by atoms with van der Waals surface area (Å²) in [5.41, 5.74) is 5.60. The number of nitrogens with one attached hydrogen (secondary N) is 1. The van der Waals surface area contributed by atoms with Crippen LogP contribution in [0.5, 0.6) is 0 Å². The van der Waals surface area contributed by atoms with Crippen molar-refractivity contribution in [3.8, 4) is 0 Å². The van der Waals surface area contributed by atoms with E-state index in [0.717, 1.165) is 19.3 Å². The van der Waals surface area contributed by atoms with Crippen molar-refractivity contribution >= 4 is 5.91 Å². The lowest BCUT2D eigenvalue weighted by atomic mass is 10.0. The van der Waals surface area contributed by atoms with Crippen LogP contribution in [-0.4, -0.2) is 30.2 Å². The van der Waals surface area contributed by atoms with E-state index in [2.05, 4.69) is 12.2 Å². The second kappa shape index (κ2) is 7.67. The summed E-state index contributed by atoms with van der Waals surface area (Å²) in [4.78, 5) is 11.8. The first-order valence-electron chi connectivity index (χ1n) is 6.53. The molecule has 17 heavy (non-hydrogen) atoms. The van der Waals surface area contributed by atoms with Gasteiger partial charge in [0.05, 0.1) is 6.61 Å². The average molecular weight is 244 g/mol. The smallest absolute Gasteiger partial charge is 0.249 e. The van der Waals surface area contributed by atoms with Gasteiger partial charge < -0.3 is 15.8 Å². The van der Waals surface area contributed by atoms with Gasteiger partial charge in [-0.05, 0) is 33.6 Å². The normalized spacial score (nSPS) is 18.2. The molecule has 102 valence electrons. The van der Waals surface area contributed by atoms with Crippen molar-refractivity contribution in [3.63, 3.8) is 0 Å². The lowest BCUT2D eigenvalue weighted by molar-refractivity contribution is -0.133. The van der Waals surface area contributed by atoms with Crippen LogP contribution in [0, 0.1) is 0 Å². The number of hydrogen-bond acceptors (Lipinski definition) is 3. The molecule has 0 saturated carbocycles. The molecule has 3 unspecified atom stereocenters. The highest BCUT2D eigenvalue weighted by Gasteiger charge is 2.21. The van der Waals surface area contributed by atoms with Crippen LogP contribution in [-0.2, 0) is 9.53 Å². The van der Waals surface area contributed by atoms with E-state index in [9.17, 15) is 4.79 Å². The molecule has 0 aliphatic rings. The largest absolute Gasteiger partial charge is 0.367 e. The third kappa shape index (κ3) is 7.34. The fraction of sp³-hybridized carbons (Fsp3) is 0.923. The van der Waals surface area contributed by atoms with Crippen molar-refractivity contribution in [2.45, 2.75) is 71.6 Å². The molecular weight excluding hydrogens is 216 g/mol. The Morgan fingerprint density at radius 3 is 2.47 bits per heavy atom. The van der Waals surface area contributed by atoms with Crippen molar-refractivity contribution < 1.29 is 9.53 Å². The topological polar surface area (TPSA) is 64.3 Å². The number of rotatable bonds is 8. The predicted octanol–water partition coefficient (Wildman–Crippen LogP) is 1.82. The highest BCUT2D eigenvalue weighted by atomic mass is 16.5. The zero-order chi connectivity index (χ0) is 13.5. The fourth-order valence-corrected chi connectivity index (χ4v) is 1.36. The van der Waals surface area contributed by atoms with E-state index in [1.54, 1.807) is 6.92 Å². The molecule has 3 N–H and O–H groups in total. The quantitative estimate of drug-likeness (QED) is 0.684. The number of nitrogens with two attached hydrogens (primary N) is 1. The van der Waals surface area contributed by atoms with E-state index >= 15 is 0 Å². The Kier molecular flexibility index (Phi) is 7.39. The summed E-state index contributed by atoms with van der Waals surface area (Å²) in [7, 11) is 0. The van der Waals surface area contributed by atoms with Gasteiger partial charge in [0.2, 0.25) is 5.91 Å². The molecule has 0 aliphatic heterocycles. The van der Waals surface area contributed by atoms with Crippen LogP contribution in [0.4, 0.5) is 0 Å². The Labute approximate surface area is 105 Å². The summed E-state index contributed by atoms with van der Waals surface area (Å²) in [6, 6.07) is 0.203. The molecule has 0 fully saturated rings. The van der Waals surface area contributed by atoms with Gasteiger partial charge in [0.15, 0.2) is 0 Å². The number of ether oxygens (including phenoxy) is 1. The van der Waals surface area contributed by atoms with E-state index in [-0.39, 0.29) is 17.5 Å². The SMILES string of the molecule is CCCC(C)NC(=O)C(C)OCC(C)(N)CC. The Bertz CT molecular complexity index is 229. The maximum Gasteiger partial charge on any atom is 0.249 e. The Morgan fingerprint density at radius 1 is 1.41 bits per heavy atom. The molecule has 3 atom stereocenters. The Balaban J connectivity index is 3.98. The minimum Gasteiger partial charge on any atom is -0.367 e. The molecule has 4 heteroatoms. The first-order chi connectivity index (χ1) is 7.82. The van der Waals surface area contributed by atoms with Crippen molar-refractivity contribution in [1.82, 2.24) is 5.32 Å². The lowest BCUT2D eigenvalue weighted by Gasteiger charge is -2.25. The van der Waals surface area contributed by atoms with Crippen LogP contribution in [0.25, 0.3) is 0 Å². The summed E-state index contributed by atoms with van der Waals surface area (Å²) < 4.78 is 5.50. The van der Waals surface area contributed by atoms with Gasteiger partial charge in [-0.15, -0.1) is 0 Å². The lowest BCUT2D eigenvalue weighted by Crippen LogP contribution is -2.45. The fourth-order valence-electron chi connectivity index (χ4n) is 1.36. The highest BCUT2D eigenvalue weighted by molar-refractivity contribution is 5.80. The second-order valence-corrected chi connectivity index (χ2v) is 5.16. The van der Waals surface area contributed by atoms with Crippen LogP contribution in [0.3, 0.4) is 0 Å². The predicted molar refractivity (Wildman–Crippen MR) is 70.8 cm³/mol. The summed E-state index contributed by atoms with van der Waals surface area (Å²) in [5, 5.41) is 2.93. The summed E-state index contributed by atoms with van der Waals surface area (Å²) in [6.07, 6.45) is 2.44. The molecule has 0 aromatic heterocycles. The van der Waals surface area contributed by atoms with E-state index < -0.39 is 6.10 Å². The third-order valence-corrected chi connectivity index (χ3v) is 2.95. The van der Waals surface area contributed by atoms with Gasteiger partial charge in [-0.25, -0.2) is 0 Å². The molecule has 0 saturated heterocycles. The van der Waals surface area contributed by atoms with Gasteiger partial charge in [-0.3, -0.25) is 4.79 Å². The van der Waals surface area contributed by atoms with Gasteiger partial charge >= 0.3 is 0 Å². The number of carbonyl (C=O) groups excluding carboxylic acids is 1. The molecule has 0 spiro atoms. The molecule has 0 aromatic rings. The molecule has 1 amide bonds. The molecular formula is C13H28N2O2. The summed E-state index contributed by atoms with van der Waals surface area (Å²) in [5.74, 6) is -0.0575. The van der Waals surface area contributed by atoms with E-state index in [4.69, 9.17) is 10.5 Å². The van der Waals surface area contributed by atoms with Gasteiger partial charge in [0, 0.05) is 11.6 Å². The molecule has 0 bridgehead atoms. The van der Waals surface area contributed by atoms with E-state index in [0.29, 0.717) is 6.61 Å². The monoisotopic (exact) mass is 244 g/mol. The molecule has 4 nitrogen and oxygen atoms in total. The van der Waals surface area contributed by atoms with E-state index in [1.807, 2.05) is 20.8 Å². The molecule has 0 aromatic carbocycles. The van der Waals surface area contributed by atoms with E-state index in [1.165, 1.54) is 0 Å². The van der Waals surface area contributed by atoms with Crippen molar-refractivity contribution in [3.05, 3.63) is 0 Å². The van der Waals surface area contributed by atoms with Crippen LogP contribution in [0.1, 0.15) is 53.9 Å². The number of hydrogen-bond donors (Lipinski definition) is 2. The van der Waals surface area contributed by atoms with Gasteiger partial charge in [-0.2, -0.15) is 0 Å². The molecule has 0 radical (unpaired) electrons. The maximum absolute atomic E-state index is 11.8. The van der Waals surface area contributed by atoms with Gasteiger partial charge in [0.25, 0.3) is 0 Å². The molecule has 0 heterocycles. The van der Waals surface area contributed by atoms with Crippen LogP contribution < -0.4 is 11.1 Å². The number of amides is 1. The van der Waals surface area contributed by atoms with Crippen molar-refractivity contribution in [2.75, 3.05) is 6.61 Å². The van der Waals surface area contributed by atoms with Gasteiger partial charge in [0.1, 0.15) is 6.10 Å². The third-order valence-electron chi connectivity index (χ3n) is 2.95. The first kappa shape index (κ1) is 16.4. The van der Waals surface area contributed by atoms with Crippen molar-refractivity contribution in [1.29, 1.82) is 0 Å². The van der Waals surface area contributed by atoms with Crippen LogP contribution in [0.15, 0.2) is 0 Å². The highest BCUT2D eigenvalue weighted by Crippen LogP contribution is 2.07. The summed E-state index contributed by atoms with van der Waals surface area (Å²) in [6.45, 7) is 10.2. The average Bonchev–Trinajstić information content (AvgIpc) is 2.26. The van der Waals surface area contributed by atoms with Crippen LogP contribution in [0.2, 0.25) is 0 Å². The number of carbonyl (C=O) groups is 1.